The van der Waals surface area contributed by atoms with Crippen LogP contribution in [-0.2, 0) is 4.74 Å². The van der Waals surface area contributed by atoms with E-state index in [1.807, 2.05) is 0 Å². The van der Waals surface area contributed by atoms with Crippen LogP contribution in [0.5, 0.6) is 0 Å². The lowest BCUT2D eigenvalue weighted by Gasteiger charge is -2.21. The Kier molecular flexibility index (Phi) is 8.46. The molecule has 13 heavy (non-hydrogen) atoms. The molecule has 0 aromatic rings. The molecular formula is C11H25NO. The Hall–Kier alpha value is -0.0800. The van der Waals surface area contributed by atoms with Crippen molar-refractivity contribution in [3.05, 3.63) is 0 Å². The van der Waals surface area contributed by atoms with Crippen molar-refractivity contribution in [2.75, 3.05) is 26.2 Å². The largest absolute Gasteiger partial charge is 0.377 e. The molecule has 0 fully saturated rings. The minimum absolute atomic E-state index is 0.366. The van der Waals surface area contributed by atoms with Gasteiger partial charge in [0, 0.05) is 6.54 Å². The average molecular weight is 187 g/mol. The molecule has 0 unspecified atom stereocenters. The molecule has 0 atom stereocenters. The highest BCUT2D eigenvalue weighted by Crippen LogP contribution is 1.95. The van der Waals surface area contributed by atoms with Gasteiger partial charge in [0.15, 0.2) is 0 Å². The molecule has 0 aliphatic rings. The molecule has 0 bridgehead atoms. The molecule has 0 amide bonds. The zero-order valence-electron chi connectivity index (χ0n) is 9.68. The molecule has 2 heteroatoms. The predicted molar refractivity (Wildman–Crippen MR) is 58.1 cm³/mol. The fourth-order valence-corrected chi connectivity index (χ4v) is 1.39. The first-order valence-electron chi connectivity index (χ1n) is 5.54. The van der Waals surface area contributed by atoms with Crippen molar-refractivity contribution in [2.45, 2.75) is 46.6 Å². The van der Waals surface area contributed by atoms with Gasteiger partial charge in [-0.05, 0) is 39.8 Å². The third-order valence-corrected chi connectivity index (χ3v) is 1.94. The van der Waals surface area contributed by atoms with Crippen LogP contribution >= 0.6 is 0 Å². The van der Waals surface area contributed by atoms with Crippen LogP contribution in [0, 0.1) is 0 Å². The monoisotopic (exact) mass is 187 g/mol. The van der Waals surface area contributed by atoms with Crippen LogP contribution in [0.25, 0.3) is 0 Å². The second-order valence-electron chi connectivity index (χ2n) is 3.76. The van der Waals surface area contributed by atoms with Crippen molar-refractivity contribution in [2.24, 2.45) is 0 Å². The lowest BCUT2D eigenvalue weighted by molar-refractivity contribution is 0.0590. The van der Waals surface area contributed by atoms with E-state index >= 15 is 0 Å². The summed E-state index contributed by atoms with van der Waals surface area (Å²) < 4.78 is 5.52. The van der Waals surface area contributed by atoms with Crippen LogP contribution in [0.3, 0.4) is 0 Å². The lowest BCUT2D eigenvalue weighted by atomic mass is 10.3. The summed E-state index contributed by atoms with van der Waals surface area (Å²) in [4.78, 5) is 2.47. The van der Waals surface area contributed by atoms with Crippen LogP contribution in [-0.4, -0.2) is 37.2 Å². The number of nitrogens with zero attached hydrogens (tertiary/aromatic N) is 1. The maximum atomic E-state index is 5.52. The molecule has 0 aromatic heterocycles. The molecule has 0 radical (unpaired) electrons. The highest BCUT2D eigenvalue weighted by Gasteiger charge is 2.02. The second-order valence-corrected chi connectivity index (χ2v) is 3.76. The van der Waals surface area contributed by atoms with Gasteiger partial charge in [-0.2, -0.15) is 0 Å². The second kappa shape index (κ2) is 8.52. The molecule has 0 aliphatic heterocycles. The maximum absolute atomic E-state index is 5.52. The Balaban J connectivity index is 3.44. The normalized spacial score (nSPS) is 11.5. The summed E-state index contributed by atoms with van der Waals surface area (Å²) in [5, 5.41) is 0. The summed E-state index contributed by atoms with van der Waals surface area (Å²) in [5.41, 5.74) is 0. The first-order chi connectivity index (χ1) is 6.20. The van der Waals surface area contributed by atoms with E-state index in [0.29, 0.717) is 6.10 Å². The third-order valence-electron chi connectivity index (χ3n) is 1.94. The standard InChI is InChI=1S/C11H25NO/c1-5-7-12(8-6-2)9-10-13-11(3)4/h11H,5-10H2,1-4H3. The van der Waals surface area contributed by atoms with Gasteiger partial charge in [0.25, 0.3) is 0 Å². The zero-order valence-corrected chi connectivity index (χ0v) is 9.68. The Morgan fingerprint density at radius 2 is 1.54 bits per heavy atom. The third kappa shape index (κ3) is 8.26. The molecule has 80 valence electrons. The van der Waals surface area contributed by atoms with E-state index in [4.69, 9.17) is 4.74 Å². The first-order valence-corrected chi connectivity index (χ1v) is 5.54. The number of hydrogen-bond acceptors (Lipinski definition) is 2. The molecule has 0 aromatic carbocycles. The van der Waals surface area contributed by atoms with E-state index in [-0.39, 0.29) is 0 Å². The van der Waals surface area contributed by atoms with E-state index in [1.54, 1.807) is 0 Å². The van der Waals surface area contributed by atoms with Gasteiger partial charge in [-0.25, -0.2) is 0 Å². The number of rotatable bonds is 8. The molecule has 0 aliphatic carbocycles. The summed E-state index contributed by atoms with van der Waals surface area (Å²) >= 11 is 0. The Bertz CT molecular complexity index is 98.3. The average Bonchev–Trinajstić information content (AvgIpc) is 2.04. The minimum atomic E-state index is 0.366. The van der Waals surface area contributed by atoms with Gasteiger partial charge < -0.3 is 9.64 Å². The highest BCUT2D eigenvalue weighted by atomic mass is 16.5. The summed E-state index contributed by atoms with van der Waals surface area (Å²) in [5.74, 6) is 0. The summed E-state index contributed by atoms with van der Waals surface area (Å²) in [6, 6.07) is 0. The van der Waals surface area contributed by atoms with Crippen molar-refractivity contribution < 1.29 is 4.74 Å². The van der Waals surface area contributed by atoms with Crippen LogP contribution in [0.2, 0.25) is 0 Å². The molecule has 0 rings (SSSR count). The van der Waals surface area contributed by atoms with Crippen molar-refractivity contribution in [3.8, 4) is 0 Å². The number of ether oxygens (including phenoxy) is 1. The van der Waals surface area contributed by atoms with Crippen molar-refractivity contribution in [1.29, 1.82) is 0 Å². The van der Waals surface area contributed by atoms with Crippen LogP contribution < -0.4 is 0 Å². The predicted octanol–water partition coefficient (Wildman–Crippen LogP) is 2.53. The van der Waals surface area contributed by atoms with Gasteiger partial charge in [-0.3, -0.25) is 0 Å². The van der Waals surface area contributed by atoms with Gasteiger partial charge >= 0.3 is 0 Å². The SMILES string of the molecule is CCCN(CCC)CCOC(C)C. The smallest absolute Gasteiger partial charge is 0.0596 e. The summed E-state index contributed by atoms with van der Waals surface area (Å²) in [7, 11) is 0. The van der Waals surface area contributed by atoms with Gasteiger partial charge in [0.1, 0.15) is 0 Å². The zero-order chi connectivity index (χ0) is 10.1. The van der Waals surface area contributed by atoms with E-state index in [0.717, 1.165) is 13.2 Å². The molecule has 2 nitrogen and oxygen atoms in total. The Morgan fingerprint density at radius 3 is 1.92 bits per heavy atom. The van der Waals surface area contributed by atoms with Gasteiger partial charge in [-0.1, -0.05) is 13.8 Å². The van der Waals surface area contributed by atoms with Crippen molar-refractivity contribution in [1.82, 2.24) is 4.90 Å². The fraction of sp³-hybridized carbons (Fsp3) is 1.00. The van der Waals surface area contributed by atoms with Gasteiger partial charge in [-0.15, -0.1) is 0 Å². The van der Waals surface area contributed by atoms with E-state index in [9.17, 15) is 0 Å². The maximum Gasteiger partial charge on any atom is 0.0596 e. The van der Waals surface area contributed by atoms with Crippen LogP contribution in [0.1, 0.15) is 40.5 Å². The molecule has 0 spiro atoms. The van der Waals surface area contributed by atoms with Crippen LogP contribution in [0.15, 0.2) is 0 Å². The topological polar surface area (TPSA) is 12.5 Å². The Labute approximate surface area is 83.3 Å². The fourth-order valence-electron chi connectivity index (χ4n) is 1.39. The van der Waals surface area contributed by atoms with Crippen molar-refractivity contribution in [3.63, 3.8) is 0 Å². The number of hydrogen-bond donors (Lipinski definition) is 0. The summed E-state index contributed by atoms with van der Waals surface area (Å²) in [6.45, 7) is 13.0. The molecule has 0 heterocycles. The lowest BCUT2D eigenvalue weighted by Crippen LogP contribution is -2.29. The summed E-state index contributed by atoms with van der Waals surface area (Å²) in [6.07, 6.45) is 2.84. The highest BCUT2D eigenvalue weighted by molar-refractivity contribution is 4.55. The van der Waals surface area contributed by atoms with Crippen molar-refractivity contribution >= 4 is 0 Å². The molecule has 0 N–H and O–H groups in total. The quantitative estimate of drug-likeness (QED) is 0.579. The first kappa shape index (κ1) is 12.9. The minimum Gasteiger partial charge on any atom is -0.377 e. The van der Waals surface area contributed by atoms with Gasteiger partial charge in [0.05, 0.1) is 12.7 Å². The van der Waals surface area contributed by atoms with E-state index < -0.39 is 0 Å². The van der Waals surface area contributed by atoms with Crippen LogP contribution in [0.4, 0.5) is 0 Å². The Morgan fingerprint density at radius 1 is 1.00 bits per heavy atom. The molecule has 0 saturated heterocycles. The molecule has 0 saturated carbocycles. The van der Waals surface area contributed by atoms with Gasteiger partial charge in [0.2, 0.25) is 0 Å². The van der Waals surface area contributed by atoms with E-state index in [1.165, 1.54) is 25.9 Å². The molecular weight excluding hydrogens is 162 g/mol. The van der Waals surface area contributed by atoms with E-state index in [2.05, 4.69) is 32.6 Å².